The maximum absolute atomic E-state index is 3.57. The van der Waals surface area contributed by atoms with E-state index in [-0.39, 0.29) is 5.54 Å². The van der Waals surface area contributed by atoms with Gasteiger partial charge in [0.1, 0.15) is 0 Å². The lowest BCUT2D eigenvalue weighted by atomic mass is 10.1. The van der Waals surface area contributed by atoms with E-state index in [4.69, 9.17) is 0 Å². The van der Waals surface area contributed by atoms with E-state index in [1.807, 2.05) is 0 Å². The third kappa shape index (κ3) is 8.12. The molecule has 0 aliphatic heterocycles. The monoisotopic (exact) mass is 228 g/mol. The van der Waals surface area contributed by atoms with Crippen LogP contribution in [0, 0.1) is 5.92 Å². The molecule has 0 aliphatic rings. The highest BCUT2D eigenvalue weighted by Gasteiger charge is 2.14. The van der Waals surface area contributed by atoms with Gasteiger partial charge in [-0.2, -0.15) is 0 Å². The molecule has 0 heterocycles. The number of nitrogens with one attached hydrogen (secondary N) is 1. The summed E-state index contributed by atoms with van der Waals surface area (Å²) < 4.78 is 0. The summed E-state index contributed by atoms with van der Waals surface area (Å²) in [6, 6.07) is 0.710. The fourth-order valence-corrected chi connectivity index (χ4v) is 1.85. The second kappa shape index (κ2) is 7.29. The Labute approximate surface area is 103 Å². The third-order valence-electron chi connectivity index (χ3n) is 3.04. The average Bonchev–Trinajstić information content (AvgIpc) is 2.14. The smallest absolute Gasteiger partial charge is 0.00966 e. The molecule has 0 saturated heterocycles. The molecule has 0 rings (SSSR count). The summed E-state index contributed by atoms with van der Waals surface area (Å²) >= 11 is 0. The fraction of sp³-hybridized carbons (Fsp3) is 1.00. The summed E-state index contributed by atoms with van der Waals surface area (Å²) in [7, 11) is 2.24. The highest BCUT2D eigenvalue weighted by molar-refractivity contribution is 4.74. The van der Waals surface area contributed by atoms with Crippen LogP contribution < -0.4 is 5.32 Å². The highest BCUT2D eigenvalue weighted by atomic mass is 15.1. The van der Waals surface area contributed by atoms with Gasteiger partial charge in [0.15, 0.2) is 0 Å². The van der Waals surface area contributed by atoms with Gasteiger partial charge in [0.05, 0.1) is 0 Å². The van der Waals surface area contributed by atoms with Crippen molar-refractivity contribution in [3.8, 4) is 0 Å². The van der Waals surface area contributed by atoms with Gasteiger partial charge in [-0.25, -0.2) is 0 Å². The quantitative estimate of drug-likeness (QED) is 0.720. The topological polar surface area (TPSA) is 15.3 Å². The van der Waals surface area contributed by atoms with Crippen LogP contribution in [-0.2, 0) is 0 Å². The van der Waals surface area contributed by atoms with Gasteiger partial charge in [-0.05, 0) is 53.6 Å². The summed E-state index contributed by atoms with van der Waals surface area (Å²) in [4.78, 5) is 2.48. The molecule has 16 heavy (non-hydrogen) atoms. The van der Waals surface area contributed by atoms with E-state index in [9.17, 15) is 0 Å². The van der Waals surface area contributed by atoms with Crippen LogP contribution in [0.25, 0.3) is 0 Å². The van der Waals surface area contributed by atoms with Crippen molar-refractivity contribution in [2.45, 2.75) is 66.0 Å². The molecule has 0 fully saturated rings. The minimum absolute atomic E-state index is 0.238. The fourth-order valence-electron chi connectivity index (χ4n) is 1.85. The Hall–Kier alpha value is -0.0800. The van der Waals surface area contributed by atoms with Crippen LogP contribution in [0.4, 0.5) is 0 Å². The molecule has 0 aromatic rings. The molecule has 2 nitrogen and oxygen atoms in total. The molecule has 2 atom stereocenters. The van der Waals surface area contributed by atoms with Crippen LogP contribution in [0.5, 0.6) is 0 Å². The standard InChI is InChI=1S/C14H32N2/c1-8-9-13(3)16(7)11-12(2)10-15-14(4,5)6/h12-13,15H,8-11H2,1-7H3. The van der Waals surface area contributed by atoms with Gasteiger partial charge in [-0.1, -0.05) is 20.3 Å². The summed E-state index contributed by atoms with van der Waals surface area (Å²) in [5, 5.41) is 3.57. The van der Waals surface area contributed by atoms with Gasteiger partial charge >= 0.3 is 0 Å². The number of nitrogens with zero attached hydrogens (tertiary/aromatic N) is 1. The molecule has 98 valence electrons. The van der Waals surface area contributed by atoms with E-state index >= 15 is 0 Å². The Morgan fingerprint density at radius 3 is 2.19 bits per heavy atom. The predicted molar refractivity (Wildman–Crippen MR) is 73.9 cm³/mol. The van der Waals surface area contributed by atoms with Gasteiger partial charge in [-0.3, -0.25) is 0 Å². The zero-order chi connectivity index (χ0) is 12.8. The normalized spacial score (nSPS) is 16.5. The van der Waals surface area contributed by atoms with Crippen molar-refractivity contribution in [3.05, 3.63) is 0 Å². The summed E-state index contributed by atoms with van der Waals surface area (Å²) in [6.07, 6.45) is 2.58. The van der Waals surface area contributed by atoms with Crippen molar-refractivity contribution < 1.29 is 0 Å². The van der Waals surface area contributed by atoms with Gasteiger partial charge < -0.3 is 10.2 Å². The Morgan fingerprint density at radius 1 is 1.19 bits per heavy atom. The second-order valence-electron chi connectivity index (χ2n) is 6.31. The maximum atomic E-state index is 3.57. The van der Waals surface area contributed by atoms with Crippen LogP contribution in [0.1, 0.15) is 54.4 Å². The van der Waals surface area contributed by atoms with Gasteiger partial charge in [-0.15, -0.1) is 0 Å². The van der Waals surface area contributed by atoms with Crippen LogP contribution in [0.3, 0.4) is 0 Å². The van der Waals surface area contributed by atoms with Gasteiger partial charge in [0, 0.05) is 18.1 Å². The van der Waals surface area contributed by atoms with E-state index in [0.29, 0.717) is 12.0 Å². The molecule has 0 saturated carbocycles. The van der Waals surface area contributed by atoms with Crippen LogP contribution in [0.2, 0.25) is 0 Å². The minimum Gasteiger partial charge on any atom is -0.312 e. The molecule has 1 N–H and O–H groups in total. The van der Waals surface area contributed by atoms with Gasteiger partial charge in [0.25, 0.3) is 0 Å². The van der Waals surface area contributed by atoms with E-state index in [2.05, 4.69) is 58.8 Å². The van der Waals surface area contributed by atoms with Crippen molar-refractivity contribution >= 4 is 0 Å². The first kappa shape index (κ1) is 15.9. The molecule has 0 spiro atoms. The van der Waals surface area contributed by atoms with Crippen LogP contribution in [0.15, 0.2) is 0 Å². The van der Waals surface area contributed by atoms with E-state index < -0.39 is 0 Å². The summed E-state index contributed by atoms with van der Waals surface area (Å²) in [5.74, 6) is 0.712. The van der Waals surface area contributed by atoms with E-state index in [1.165, 1.54) is 19.4 Å². The third-order valence-corrected chi connectivity index (χ3v) is 3.04. The second-order valence-corrected chi connectivity index (χ2v) is 6.31. The first-order valence-corrected chi connectivity index (χ1v) is 6.71. The minimum atomic E-state index is 0.238. The molecule has 2 heteroatoms. The average molecular weight is 228 g/mol. The molecule has 2 unspecified atom stereocenters. The first-order chi connectivity index (χ1) is 7.26. The molecule has 0 amide bonds. The lowest BCUT2D eigenvalue weighted by Gasteiger charge is -2.29. The zero-order valence-corrected chi connectivity index (χ0v) is 12.4. The molecule has 0 bridgehead atoms. The summed E-state index contributed by atoms with van der Waals surface area (Å²) in [5.41, 5.74) is 0.238. The molecule has 0 aromatic heterocycles. The number of hydrogen-bond donors (Lipinski definition) is 1. The molecule has 0 radical (unpaired) electrons. The molecule has 0 aromatic carbocycles. The van der Waals surface area contributed by atoms with Crippen molar-refractivity contribution in [1.29, 1.82) is 0 Å². The predicted octanol–water partition coefficient (Wildman–Crippen LogP) is 3.13. The van der Waals surface area contributed by atoms with Crippen LogP contribution in [-0.4, -0.2) is 36.6 Å². The highest BCUT2D eigenvalue weighted by Crippen LogP contribution is 2.08. The van der Waals surface area contributed by atoms with Crippen molar-refractivity contribution in [2.24, 2.45) is 5.92 Å². The zero-order valence-electron chi connectivity index (χ0n) is 12.4. The summed E-state index contributed by atoms with van der Waals surface area (Å²) in [6.45, 7) is 15.9. The van der Waals surface area contributed by atoms with Crippen LogP contribution >= 0.6 is 0 Å². The Balaban J connectivity index is 3.82. The Morgan fingerprint density at radius 2 is 1.75 bits per heavy atom. The van der Waals surface area contributed by atoms with E-state index in [1.54, 1.807) is 0 Å². The van der Waals surface area contributed by atoms with Crippen molar-refractivity contribution in [1.82, 2.24) is 10.2 Å². The number of hydrogen-bond acceptors (Lipinski definition) is 2. The SMILES string of the molecule is CCCC(C)N(C)CC(C)CNC(C)(C)C. The molecular weight excluding hydrogens is 196 g/mol. The molecule has 0 aliphatic carbocycles. The van der Waals surface area contributed by atoms with Gasteiger partial charge in [0.2, 0.25) is 0 Å². The maximum Gasteiger partial charge on any atom is 0.00966 e. The number of rotatable bonds is 7. The molecular formula is C14H32N2. The van der Waals surface area contributed by atoms with E-state index in [0.717, 1.165) is 6.54 Å². The van der Waals surface area contributed by atoms with Crippen molar-refractivity contribution in [3.63, 3.8) is 0 Å². The van der Waals surface area contributed by atoms with Crippen molar-refractivity contribution in [2.75, 3.05) is 20.1 Å². The largest absolute Gasteiger partial charge is 0.312 e. The first-order valence-electron chi connectivity index (χ1n) is 6.71. The lowest BCUT2D eigenvalue weighted by Crippen LogP contribution is -2.42. The Bertz CT molecular complexity index is 172. The lowest BCUT2D eigenvalue weighted by molar-refractivity contribution is 0.207. The Kier molecular flexibility index (Phi) is 7.25.